The fourth-order valence-corrected chi connectivity index (χ4v) is 4.96. The number of thioether (sulfide) groups is 1. The smallest absolute Gasteiger partial charge is 0.0869 e. The summed E-state index contributed by atoms with van der Waals surface area (Å²) in [5.41, 5.74) is 2.19. The maximum atomic E-state index is 10.5. The fraction of sp³-hybridized carbons (Fsp3) is 0.684. The standard InChI is InChI=1S/C19H31N3OS/c1-2-8-21-9-11-22(12-10-21)18-6-4-3-5-17(18)14-20-15-19(23)7-13-24-16-19/h3-6,20,23H,2,7-16H2,1H3/t19-/m1/s1. The van der Waals surface area contributed by atoms with Crippen molar-refractivity contribution in [3.8, 4) is 0 Å². The Morgan fingerprint density at radius 3 is 2.71 bits per heavy atom. The molecule has 0 aliphatic carbocycles. The monoisotopic (exact) mass is 349 g/mol. The minimum Gasteiger partial charge on any atom is -0.388 e. The molecule has 1 aromatic carbocycles. The Morgan fingerprint density at radius 2 is 2.00 bits per heavy atom. The first-order valence-electron chi connectivity index (χ1n) is 9.26. The summed E-state index contributed by atoms with van der Waals surface area (Å²) in [6.07, 6.45) is 2.15. The first-order valence-corrected chi connectivity index (χ1v) is 10.4. The fourth-order valence-electron chi connectivity index (χ4n) is 3.66. The molecule has 0 unspecified atom stereocenters. The maximum absolute atomic E-state index is 10.5. The largest absolute Gasteiger partial charge is 0.388 e. The van der Waals surface area contributed by atoms with Crippen molar-refractivity contribution in [2.75, 3.05) is 55.7 Å². The van der Waals surface area contributed by atoms with Gasteiger partial charge in [0.05, 0.1) is 5.60 Å². The molecule has 2 N–H and O–H groups in total. The molecule has 0 bridgehead atoms. The molecule has 2 aliphatic heterocycles. The van der Waals surface area contributed by atoms with E-state index in [1.807, 2.05) is 11.8 Å². The van der Waals surface area contributed by atoms with Crippen molar-refractivity contribution in [3.05, 3.63) is 29.8 Å². The van der Waals surface area contributed by atoms with Gasteiger partial charge in [-0.2, -0.15) is 11.8 Å². The van der Waals surface area contributed by atoms with Crippen LogP contribution < -0.4 is 10.2 Å². The zero-order valence-corrected chi connectivity index (χ0v) is 15.7. The summed E-state index contributed by atoms with van der Waals surface area (Å²) < 4.78 is 0. The molecule has 0 spiro atoms. The predicted octanol–water partition coefficient (Wildman–Crippen LogP) is 2.18. The van der Waals surface area contributed by atoms with Gasteiger partial charge in [0, 0.05) is 50.7 Å². The van der Waals surface area contributed by atoms with E-state index in [2.05, 4.69) is 46.3 Å². The number of nitrogens with zero attached hydrogens (tertiary/aromatic N) is 2. The molecule has 0 amide bonds. The third-order valence-electron chi connectivity index (χ3n) is 5.10. The van der Waals surface area contributed by atoms with Gasteiger partial charge < -0.3 is 15.3 Å². The minimum atomic E-state index is -0.509. The van der Waals surface area contributed by atoms with E-state index in [4.69, 9.17) is 0 Å². The van der Waals surface area contributed by atoms with E-state index < -0.39 is 5.60 Å². The van der Waals surface area contributed by atoms with Gasteiger partial charge >= 0.3 is 0 Å². The lowest BCUT2D eigenvalue weighted by atomic mass is 10.0. The van der Waals surface area contributed by atoms with E-state index in [-0.39, 0.29) is 0 Å². The second-order valence-electron chi connectivity index (χ2n) is 7.09. The zero-order valence-electron chi connectivity index (χ0n) is 14.8. The van der Waals surface area contributed by atoms with Gasteiger partial charge in [-0.1, -0.05) is 25.1 Å². The minimum absolute atomic E-state index is 0.509. The molecule has 4 nitrogen and oxygen atoms in total. The van der Waals surface area contributed by atoms with Crippen LogP contribution in [0.2, 0.25) is 0 Å². The van der Waals surface area contributed by atoms with E-state index in [1.54, 1.807) is 0 Å². The van der Waals surface area contributed by atoms with E-state index in [1.165, 1.54) is 24.2 Å². The van der Waals surface area contributed by atoms with E-state index >= 15 is 0 Å². The second kappa shape index (κ2) is 8.56. The molecule has 2 saturated heterocycles. The SMILES string of the molecule is CCCN1CCN(c2ccccc2CNC[C@]2(O)CCSC2)CC1. The number of hydrogen-bond donors (Lipinski definition) is 2. The van der Waals surface area contributed by atoms with Crippen molar-refractivity contribution in [1.82, 2.24) is 10.2 Å². The first kappa shape index (κ1) is 18.1. The molecule has 2 heterocycles. The summed E-state index contributed by atoms with van der Waals surface area (Å²) in [4.78, 5) is 5.08. The Bertz CT molecular complexity index is 511. The summed E-state index contributed by atoms with van der Waals surface area (Å²) in [6, 6.07) is 8.72. The van der Waals surface area contributed by atoms with Crippen LogP contribution in [0.25, 0.3) is 0 Å². The molecule has 2 aliphatic rings. The molecule has 1 aromatic rings. The predicted molar refractivity (Wildman–Crippen MR) is 104 cm³/mol. The van der Waals surface area contributed by atoms with Gasteiger partial charge in [0.25, 0.3) is 0 Å². The molecule has 0 aromatic heterocycles. The average molecular weight is 350 g/mol. The molecular weight excluding hydrogens is 318 g/mol. The Hall–Kier alpha value is -0.750. The van der Waals surface area contributed by atoms with Crippen LogP contribution in [0.4, 0.5) is 5.69 Å². The third kappa shape index (κ3) is 4.66. The molecule has 5 heteroatoms. The number of nitrogens with one attached hydrogen (secondary N) is 1. The van der Waals surface area contributed by atoms with Crippen LogP contribution in [0.1, 0.15) is 25.3 Å². The van der Waals surface area contributed by atoms with Crippen LogP contribution in [0.5, 0.6) is 0 Å². The summed E-state index contributed by atoms with van der Waals surface area (Å²) in [7, 11) is 0. The summed E-state index contributed by atoms with van der Waals surface area (Å²) in [6.45, 7) is 9.53. The molecule has 3 rings (SSSR count). The van der Waals surface area contributed by atoms with Gasteiger partial charge in [-0.25, -0.2) is 0 Å². The number of benzene rings is 1. The van der Waals surface area contributed by atoms with Crippen molar-refractivity contribution >= 4 is 17.4 Å². The van der Waals surface area contributed by atoms with E-state index in [0.29, 0.717) is 6.54 Å². The summed E-state index contributed by atoms with van der Waals surface area (Å²) in [5.74, 6) is 1.94. The highest BCUT2D eigenvalue weighted by Gasteiger charge is 2.31. The average Bonchev–Trinajstić information content (AvgIpc) is 3.03. The van der Waals surface area contributed by atoms with E-state index in [0.717, 1.165) is 50.7 Å². The van der Waals surface area contributed by atoms with E-state index in [9.17, 15) is 5.11 Å². The molecular formula is C19H31N3OS. The molecule has 0 saturated carbocycles. The Kier molecular flexibility index (Phi) is 6.44. The molecule has 1 atom stereocenters. The summed E-state index contributed by atoms with van der Waals surface area (Å²) in [5, 5.41) is 14.0. The van der Waals surface area contributed by atoms with Gasteiger partial charge in [0.2, 0.25) is 0 Å². The number of hydrogen-bond acceptors (Lipinski definition) is 5. The van der Waals surface area contributed by atoms with Crippen molar-refractivity contribution in [2.24, 2.45) is 0 Å². The van der Waals surface area contributed by atoms with Gasteiger partial charge in [-0.15, -0.1) is 0 Å². The first-order chi connectivity index (χ1) is 11.7. The number of rotatable bonds is 7. The molecule has 2 fully saturated rings. The van der Waals surface area contributed by atoms with Crippen LogP contribution in [0.15, 0.2) is 24.3 Å². The highest BCUT2D eigenvalue weighted by molar-refractivity contribution is 7.99. The Morgan fingerprint density at radius 1 is 1.21 bits per heavy atom. The highest BCUT2D eigenvalue weighted by Crippen LogP contribution is 2.27. The molecule has 24 heavy (non-hydrogen) atoms. The van der Waals surface area contributed by atoms with Crippen molar-refractivity contribution in [1.29, 1.82) is 0 Å². The lowest BCUT2D eigenvalue weighted by molar-refractivity contribution is 0.0675. The van der Waals surface area contributed by atoms with Gasteiger partial charge in [0.1, 0.15) is 0 Å². The number of anilines is 1. The van der Waals surface area contributed by atoms with Crippen molar-refractivity contribution in [3.63, 3.8) is 0 Å². The Balaban J connectivity index is 1.55. The van der Waals surface area contributed by atoms with Crippen LogP contribution in [0.3, 0.4) is 0 Å². The normalized spacial score (nSPS) is 25.3. The van der Waals surface area contributed by atoms with Crippen molar-refractivity contribution < 1.29 is 5.11 Å². The number of piperazine rings is 1. The molecule has 0 radical (unpaired) electrons. The van der Waals surface area contributed by atoms with Crippen LogP contribution in [0, 0.1) is 0 Å². The lowest BCUT2D eigenvalue weighted by Crippen LogP contribution is -2.47. The maximum Gasteiger partial charge on any atom is 0.0869 e. The van der Waals surface area contributed by atoms with Gasteiger partial charge in [-0.05, 0) is 36.8 Å². The van der Waals surface area contributed by atoms with Crippen LogP contribution in [-0.4, -0.2) is 66.4 Å². The van der Waals surface area contributed by atoms with Gasteiger partial charge in [0.15, 0.2) is 0 Å². The molecule has 134 valence electrons. The van der Waals surface area contributed by atoms with Gasteiger partial charge in [-0.3, -0.25) is 4.90 Å². The highest BCUT2D eigenvalue weighted by atomic mass is 32.2. The number of aliphatic hydroxyl groups is 1. The number of para-hydroxylation sites is 1. The van der Waals surface area contributed by atoms with Crippen molar-refractivity contribution in [2.45, 2.75) is 31.9 Å². The Labute approximate surface area is 150 Å². The van der Waals surface area contributed by atoms with Crippen LogP contribution >= 0.6 is 11.8 Å². The topological polar surface area (TPSA) is 38.7 Å². The lowest BCUT2D eigenvalue weighted by Gasteiger charge is -2.37. The quantitative estimate of drug-likeness (QED) is 0.789. The third-order valence-corrected chi connectivity index (χ3v) is 6.33. The second-order valence-corrected chi connectivity index (χ2v) is 8.19. The van der Waals surface area contributed by atoms with Crippen LogP contribution in [-0.2, 0) is 6.54 Å². The zero-order chi connectivity index (χ0) is 16.8. The summed E-state index contributed by atoms with van der Waals surface area (Å²) >= 11 is 1.85.